The van der Waals surface area contributed by atoms with Crippen LogP contribution < -0.4 is 4.90 Å². The van der Waals surface area contributed by atoms with Gasteiger partial charge in [-0.2, -0.15) is 0 Å². The van der Waals surface area contributed by atoms with Crippen molar-refractivity contribution in [2.75, 3.05) is 18.1 Å². The molecule has 2 fully saturated rings. The summed E-state index contributed by atoms with van der Waals surface area (Å²) in [6, 6.07) is 8.23. The van der Waals surface area contributed by atoms with Crippen molar-refractivity contribution < 1.29 is 4.74 Å². The van der Waals surface area contributed by atoms with Gasteiger partial charge in [0.2, 0.25) is 10.1 Å². The lowest BCUT2D eigenvalue weighted by Gasteiger charge is -2.43. The Balaban J connectivity index is 1.45. The monoisotopic (exact) mass is 374 g/mol. The third-order valence-electron chi connectivity index (χ3n) is 5.15. The van der Waals surface area contributed by atoms with Crippen molar-refractivity contribution in [2.45, 2.75) is 37.8 Å². The molecule has 2 unspecified atom stereocenters. The molecule has 1 aliphatic heterocycles. The van der Waals surface area contributed by atoms with E-state index < -0.39 is 0 Å². The molecule has 0 bridgehead atoms. The Morgan fingerprint density at radius 2 is 2.00 bits per heavy atom. The van der Waals surface area contributed by atoms with E-state index in [4.69, 9.17) is 26.4 Å². The van der Waals surface area contributed by atoms with Crippen molar-refractivity contribution in [3.63, 3.8) is 0 Å². The van der Waals surface area contributed by atoms with E-state index >= 15 is 0 Å². The number of nitrogens with zero attached hydrogens (tertiary/aromatic N) is 4. The Morgan fingerprint density at radius 1 is 1.16 bits per heavy atom. The summed E-state index contributed by atoms with van der Waals surface area (Å²) in [5, 5.41) is 6.60. The molecule has 3 aromatic rings. The molecule has 5 nitrogen and oxygen atoms in total. The van der Waals surface area contributed by atoms with Gasteiger partial charge in [0.15, 0.2) is 0 Å². The standard InChI is InChI=1S/C18H19ClN4OS/c19-13-7-5-12(6-8-13)14-11-23-17(20-14)25-18(21-23)22-9-10-24-16-4-2-1-3-15(16)22/h5-8,11,15-16H,1-4,9-10H2. The Morgan fingerprint density at radius 3 is 2.84 bits per heavy atom. The van der Waals surface area contributed by atoms with E-state index in [1.54, 1.807) is 11.3 Å². The van der Waals surface area contributed by atoms with Gasteiger partial charge in [-0.15, -0.1) is 5.10 Å². The van der Waals surface area contributed by atoms with Gasteiger partial charge in [0.25, 0.3) is 0 Å². The Labute approximate surface area is 155 Å². The van der Waals surface area contributed by atoms with E-state index in [1.807, 2.05) is 35.0 Å². The number of hydrogen-bond donors (Lipinski definition) is 0. The predicted molar refractivity (Wildman–Crippen MR) is 101 cm³/mol. The lowest BCUT2D eigenvalue weighted by Crippen LogP contribution is -2.52. The molecule has 5 rings (SSSR count). The molecule has 25 heavy (non-hydrogen) atoms. The smallest absolute Gasteiger partial charge is 0.214 e. The summed E-state index contributed by atoms with van der Waals surface area (Å²) in [6.07, 6.45) is 7.29. The number of morpholine rings is 1. The van der Waals surface area contributed by atoms with E-state index in [1.165, 1.54) is 25.7 Å². The van der Waals surface area contributed by atoms with Gasteiger partial charge in [-0.05, 0) is 25.0 Å². The van der Waals surface area contributed by atoms with E-state index in [2.05, 4.69) is 4.90 Å². The Bertz CT molecular complexity index is 857. The molecule has 0 N–H and O–H groups in total. The number of ether oxygens (including phenoxy) is 1. The molecule has 2 atom stereocenters. The van der Waals surface area contributed by atoms with Crippen LogP contribution >= 0.6 is 22.9 Å². The van der Waals surface area contributed by atoms with Crippen molar-refractivity contribution >= 4 is 33.0 Å². The minimum absolute atomic E-state index is 0.364. The van der Waals surface area contributed by atoms with Crippen LogP contribution in [0.25, 0.3) is 16.2 Å². The summed E-state index contributed by atoms with van der Waals surface area (Å²) < 4.78 is 7.88. The average molecular weight is 375 g/mol. The highest BCUT2D eigenvalue weighted by molar-refractivity contribution is 7.20. The fraction of sp³-hybridized carbons (Fsp3) is 0.444. The molecule has 0 amide bonds. The molecule has 1 aliphatic carbocycles. The molecule has 1 saturated carbocycles. The third-order valence-corrected chi connectivity index (χ3v) is 6.36. The van der Waals surface area contributed by atoms with Crippen molar-refractivity contribution in [3.05, 3.63) is 35.5 Å². The van der Waals surface area contributed by atoms with Gasteiger partial charge < -0.3 is 9.64 Å². The number of imidazole rings is 1. The van der Waals surface area contributed by atoms with Crippen LogP contribution in [0.5, 0.6) is 0 Å². The van der Waals surface area contributed by atoms with Crippen LogP contribution in [-0.2, 0) is 4.74 Å². The average Bonchev–Trinajstić information content (AvgIpc) is 3.21. The zero-order chi connectivity index (χ0) is 16.8. The second-order valence-electron chi connectivity index (χ2n) is 6.70. The van der Waals surface area contributed by atoms with Gasteiger partial charge in [-0.3, -0.25) is 0 Å². The molecular weight excluding hydrogens is 356 g/mol. The van der Waals surface area contributed by atoms with Crippen LogP contribution in [0.15, 0.2) is 30.5 Å². The highest BCUT2D eigenvalue weighted by Crippen LogP contribution is 2.34. The SMILES string of the molecule is Clc1ccc(-c2cn3nc(N4CCOC5CCCCC54)sc3n2)cc1. The van der Waals surface area contributed by atoms with Crippen molar-refractivity contribution in [3.8, 4) is 11.3 Å². The summed E-state index contributed by atoms with van der Waals surface area (Å²) in [5.41, 5.74) is 1.99. The minimum atomic E-state index is 0.364. The molecule has 2 aromatic heterocycles. The first kappa shape index (κ1) is 15.6. The molecule has 1 saturated heterocycles. The summed E-state index contributed by atoms with van der Waals surface area (Å²) in [4.78, 5) is 8.12. The number of fused-ring (bicyclic) bond motifs is 2. The van der Waals surface area contributed by atoms with E-state index in [9.17, 15) is 0 Å². The van der Waals surface area contributed by atoms with Gasteiger partial charge in [0.05, 0.1) is 30.6 Å². The number of hydrogen-bond acceptors (Lipinski definition) is 5. The third kappa shape index (κ3) is 2.82. The fourth-order valence-electron chi connectivity index (χ4n) is 3.90. The molecule has 1 aromatic carbocycles. The van der Waals surface area contributed by atoms with Crippen LogP contribution in [-0.4, -0.2) is 39.9 Å². The molecule has 3 heterocycles. The second-order valence-corrected chi connectivity index (χ2v) is 8.07. The Kier molecular flexibility index (Phi) is 3.91. The molecule has 0 radical (unpaired) electrons. The topological polar surface area (TPSA) is 42.7 Å². The van der Waals surface area contributed by atoms with E-state index in [0.29, 0.717) is 12.1 Å². The number of benzene rings is 1. The summed E-state index contributed by atoms with van der Waals surface area (Å²) in [7, 11) is 0. The number of halogens is 1. The maximum Gasteiger partial charge on any atom is 0.214 e. The van der Waals surface area contributed by atoms with E-state index in [0.717, 1.165) is 39.5 Å². The fourth-order valence-corrected chi connectivity index (χ4v) is 4.99. The predicted octanol–water partition coefficient (Wildman–Crippen LogP) is 4.26. The van der Waals surface area contributed by atoms with Gasteiger partial charge in [-0.1, -0.05) is 47.9 Å². The summed E-state index contributed by atoms with van der Waals surface area (Å²) in [5.74, 6) is 0. The first-order valence-electron chi connectivity index (χ1n) is 8.78. The highest BCUT2D eigenvalue weighted by atomic mass is 35.5. The van der Waals surface area contributed by atoms with E-state index in [-0.39, 0.29) is 0 Å². The maximum absolute atomic E-state index is 5.98. The zero-order valence-corrected chi connectivity index (χ0v) is 15.3. The first-order chi connectivity index (χ1) is 12.3. The number of anilines is 1. The molecule has 2 aliphatic rings. The zero-order valence-electron chi connectivity index (χ0n) is 13.8. The summed E-state index contributed by atoms with van der Waals surface area (Å²) >= 11 is 7.63. The second kappa shape index (κ2) is 6.27. The van der Waals surface area contributed by atoms with Crippen LogP contribution in [0.1, 0.15) is 25.7 Å². The lowest BCUT2D eigenvalue weighted by atomic mass is 9.90. The van der Waals surface area contributed by atoms with Crippen LogP contribution in [0.2, 0.25) is 5.02 Å². The van der Waals surface area contributed by atoms with Gasteiger partial charge in [-0.25, -0.2) is 9.50 Å². The Hall–Kier alpha value is -1.63. The van der Waals surface area contributed by atoms with Gasteiger partial charge >= 0.3 is 0 Å². The van der Waals surface area contributed by atoms with Gasteiger partial charge in [0.1, 0.15) is 0 Å². The van der Waals surface area contributed by atoms with Crippen LogP contribution in [0, 0.1) is 0 Å². The molecule has 0 spiro atoms. The molecule has 7 heteroatoms. The minimum Gasteiger partial charge on any atom is -0.374 e. The van der Waals surface area contributed by atoms with Crippen molar-refractivity contribution in [1.82, 2.24) is 14.6 Å². The summed E-state index contributed by atoms with van der Waals surface area (Å²) in [6.45, 7) is 1.71. The highest BCUT2D eigenvalue weighted by Gasteiger charge is 2.35. The normalized spacial score (nSPS) is 23.8. The van der Waals surface area contributed by atoms with Crippen molar-refractivity contribution in [1.29, 1.82) is 0 Å². The van der Waals surface area contributed by atoms with Crippen molar-refractivity contribution in [2.24, 2.45) is 0 Å². The van der Waals surface area contributed by atoms with Gasteiger partial charge in [0, 0.05) is 17.1 Å². The maximum atomic E-state index is 5.98. The molecule has 130 valence electrons. The largest absolute Gasteiger partial charge is 0.374 e. The number of aromatic nitrogens is 3. The molecular formula is C18H19ClN4OS. The number of rotatable bonds is 2. The van der Waals surface area contributed by atoms with Crippen LogP contribution in [0.3, 0.4) is 0 Å². The first-order valence-corrected chi connectivity index (χ1v) is 9.98. The van der Waals surface area contributed by atoms with Crippen LogP contribution in [0.4, 0.5) is 5.13 Å². The lowest BCUT2D eigenvalue weighted by molar-refractivity contribution is -0.00874. The quantitative estimate of drug-likeness (QED) is 0.672.